The summed E-state index contributed by atoms with van der Waals surface area (Å²) >= 11 is 5.79. The first-order valence-electron chi connectivity index (χ1n) is 13.5. The Morgan fingerprint density at radius 3 is 2.65 bits per heavy atom. The number of rotatable bonds is 11. The van der Waals surface area contributed by atoms with Gasteiger partial charge in [0.1, 0.15) is 30.3 Å². The number of amides is 2. The summed E-state index contributed by atoms with van der Waals surface area (Å²) < 4.78 is 47.0. The number of ketones is 1. The van der Waals surface area contributed by atoms with Crippen molar-refractivity contribution in [2.75, 3.05) is 19.4 Å². The largest absolute Gasteiger partial charge is 0.426 e. The van der Waals surface area contributed by atoms with Crippen LogP contribution in [0.4, 0.5) is 8.78 Å². The van der Waals surface area contributed by atoms with E-state index in [1.165, 1.54) is 54.7 Å². The zero-order valence-corrected chi connectivity index (χ0v) is 25.2. The van der Waals surface area contributed by atoms with Crippen molar-refractivity contribution in [1.29, 1.82) is 0 Å². The molecule has 0 radical (unpaired) electrons. The van der Waals surface area contributed by atoms with Gasteiger partial charge in [0.25, 0.3) is 0 Å². The van der Waals surface area contributed by atoms with Crippen LogP contribution in [0.2, 0.25) is 5.02 Å². The van der Waals surface area contributed by atoms with E-state index in [9.17, 15) is 37.4 Å². The number of halogens is 3. The van der Waals surface area contributed by atoms with Crippen molar-refractivity contribution in [3.8, 4) is 5.75 Å². The number of aromatic nitrogens is 1. The Hall–Kier alpha value is -3.60. The Bertz CT molecular complexity index is 1620. The Labute approximate surface area is 251 Å². The first kappa shape index (κ1) is 32.3. The second-order valence-electron chi connectivity index (χ2n) is 10.6. The number of likely N-dealkylation sites (tertiary alicyclic amines) is 1. The number of Topliss-reactive ketones (excluding diaryl/α,β-unsaturated/α-hetero) is 1. The molecule has 1 unspecified atom stereocenters. The van der Waals surface area contributed by atoms with E-state index in [1.54, 1.807) is 6.07 Å². The Balaban J connectivity index is 1.50. The normalized spacial score (nSPS) is 18.0. The van der Waals surface area contributed by atoms with Gasteiger partial charge in [0, 0.05) is 61.0 Å². The Morgan fingerprint density at radius 1 is 1.21 bits per heavy atom. The van der Waals surface area contributed by atoms with Gasteiger partial charge >= 0.3 is 5.97 Å². The van der Waals surface area contributed by atoms with Crippen molar-refractivity contribution >= 4 is 53.4 Å². The molecule has 10 nitrogen and oxygen atoms in total. The Kier molecular flexibility index (Phi) is 10.0. The van der Waals surface area contributed by atoms with Crippen molar-refractivity contribution in [3.05, 3.63) is 64.6 Å². The summed E-state index contributed by atoms with van der Waals surface area (Å²) in [6, 6.07) is 7.76. The van der Waals surface area contributed by atoms with Gasteiger partial charge in [-0.1, -0.05) is 23.7 Å². The number of nitrogens with one attached hydrogen (secondary N) is 1. The highest BCUT2D eigenvalue weighted by molar-refractivity contribution is 7.57. The summed E-state index contributed by atoms with van der Waals surface area (Å²) in [4.78, 5) is 61.5. The molecule has 14 heteroatoms. The van der Waals surface area contributed by atoms with Crippen molar-refractivity contribution in [2.24, 2.45) is 0 Å². The van der Waals surface area contributed by atoms with Gasteiger partial charge in [-0.05, 0) is 31.5 Å². The summed E-state index contributed by atoms with van der Waals surface area (Å²) in [6.45, 7) is 1.70. The van der Waals surface area contributed by atoms with Crippen LogP contribution in [0.15, 0.2) is 42.6 Å². The van der Waals surface area contributed by atoms with Crippen molar-refractivity contribution in [3.63, 3.8) is 0 Å². The average molecular weight is 638 g/mol. The number of esters is 1. The number of alkyl halides is 1. The van der Waals surface area contributed by atoms with Gasteiger partial charge in [0.15, 0.2) is 13.2 Å². The summed E-state index contributed by atoms with van der Waals surface area (Å²) in [7, 11) is -3.26. The molecule has 1 aliphatic rings. The first-order valence-corrected chi connectivity index (χ1v) is 16.2. The lowest BCUT2D eigenvalue weighted by Crippen LogP contribution is -2.46. The molecular formula is C29H31ClF2N3O7P. The third kappa shape index (κ3) is 8.07. The van der Waals surface area contributed by atoms with Gasteiger partial charge in [0.2, 0.25) is 11.8 Å². The highest BCUT2D eigenvalue weighted by Crippen LogP contribution is 2.36. The van der Waals surface area contributed by atoms with E-state index in [4.69, 9.17) is 16.3 Å². The minimum absolute atomic E-state index is 0.0270. The molecule has 1 aromatic heterocycles. The van der Waals surface area contributed by atoms with Gasteiger partial charge in [-0.15, -0.1) is 0 Å². The quantitative estimate of drug-likeness (QED) is 0.137. The van der Waals surface area contributed by atoms with Crippen LogP contribution in [0.25, 0.3) is 10.9 Å². The third-order valence-corrected chi connectivity index (χ3v) is 8.52. The minimum atomic E-state index is -3.26. The molecule has 2 heterocycles. The molecule has 0 saturated carbocycles. The predicted molar refractivity (Wildman–Crippen MR) is 156 cm³/mol. The second kappa shape index (κ2) is 13.4. The number of benzene rings is 2. The summed E-state index contributed by atoms with van der Waals surface area (Å²) in [5.74, 6) is -2.68. The standard InChI is InChI=1S/C29H31ClF2N3O7P/c1-17(36)22-15-34(24-12-20(8-9-21(22)24)42-27(38)7-4-10-43(2,40)41)16-26(37)35-14-19(31)11-25(35)29(39)33-13-18-5-3-6-23(30)28(18)32/h3,5-6,8-9,12,15,19,25H,4,7,10-11,13-14,16H2,1-2H3,(H,33,39)(H,40,41)/t19-,25+/m1/s1. The van der Waals surface area contributed by atoms with Crippen LogP contribution >= 0.6 is 19.0 Å². The molecule has 3 atom stereocenters. The third-order valence-electron chi connectivity index (χ3n) is 7.08. The van der Waals surface area contributed by atoms with E-state index in [0.29, 0.717) is 16.5 Å². The number of carbonyl (C=O) groups is 4. The lowest BCUT2D eigenvalue weighted by Gasteiger charge is -2.24. The van der Waals surface area contributed by atoms with Crippen LogP contribution in [-0.4, -0.2) is 69.5 Å². The van der Waals surface area contributed by atoms with Gasteiger partial charge in [-0.3, -0.25) is 23.7 Å². The number of nitrogens with zero attached hydrogens (tertiary/aromatic N) is 2. The molecule has 2 aromatic carbocycles. The maximum Gasteiger partial charge on any atom is 0.311 e. The maximum atomic E-state index is 14.5. The van der Waals surface area contributed by atoms with Crippen LogP contribution in [0.1, 0.15) is 42.1 Å². The predicted octanol–water partition coefficient (Wildman–Crippen LogP) is 4.48. The van der Waals surface area contributed by atoms with E-state index in [0.717, 1.165) is 4.90 Å². The van der Waals surface area contributed by atoms with Crippen LogP contribution in [-0.2, 0) is 32.0 Å². The van der Waals surface area contributed by atoms with Gasteiger partial charge in [-0.2, -0.15) is 0 Å². The fraction of sp³-hybridized carbons (Fsp3) is 0.379. The fourth-order valence-electron chi connectivity index (χ4n) is 4.98. The molecule has 2 amide bonds. The lowest BCUT2D eigenvalue weighted by atomic mass is 10.1. The number of carbonyl (C=O) groups excluding carboxylic acids is 4. The van der Waals surface area contributed by atoms with E-state index in [2.05, 4.69) is 5.32 Å². The molecule has 0 bridgehead atoms. The van der Waals surface area contributed by atoms with Crippen LogP contribution < -0.4 is 10.1 Å². The van der Waals surface area contributed by atoms with E-state index < -0.39 is 43.2 Å². The number of ether oxygens (including phenoxy) is 1. The molecule has 0 spiro atoms. The zero-order chi connectivity index (χ0) is 31.5. The van der Waals surface area contributed by atoms with E-state index >= 15 is 0 Å². The van der Waals surface area contributed by atoms with Crippen molar-refractivity contribution in [2.45, 2.75) is 51.5 Å². The zero-order valence-electron chi connectivity index (χ0n) is 23.5. The SMILES string of the molecule is CC(=O)c1cn(CC(=O)N2C[C@H](F)C[C@H]2C(=O)NCc2cccc(Cl)c2F)c2cc(OC(=O)CCCP(C)(=O)O)ccc12. The molecule has 4 rings (SSSR count). The number of hydrogen-bond donors (Lipinski definition) is 2. The molecule has 2 N–H and O–H groups in total. The number of hydrogen-bond acceptors (Lipinski definition) is 6. The summed E-state index contributed by atoms with van der Waals surface area (Å²) in [5.41, 5.74) is 0.843. The van der Waals surface area contributed by atoms with Crippen LogP contribution in [0, 0.1) is 5.82 Å². The van der Waals surface area contributed by atoms with Crippen LogP contribution in [0.3, 0.4) is 0 Å². The van der Waals surface area contributed by atoms with Crippen LogP contribution in [0.5, 0.6) is 5.75 Å². The molecule has 1 fully saturated rings. The highest BCUT2D eigenvalue weighted by Gasteiger charge is 2.39. The molecule has 1 saturated heterocycles. The average Bonchev–Trinajstić information content (AvgIpc) is 3.49. The minimum Gasteiger partial charge on any atom is -0.426 e. The summed E-state index contributed by atoms with van der Waals surface area (Å²) in [5, 5.41) is 2.94. The molecule has 43 heavy (non-hydrogen) atoms. The molecule has 0 aliphatic carbocycles. The van der Waals surface area contributed by atoms with E-state index in [-0.39, 0.29) is 67.2 Å². The smallest absolute Gasteiger partial charge is 0.311 e. The molecule has 230 valence electrons. The van der Waals surface area contributed by atoms with E-state index in [1.807, 2.05) is 0 Å². The topological polar surface area (TPSA) is 135 Å². The van der Waals surface area contributed by atoms with Gasteiger partial charge in [-0.25, -0.2) is 8.78 Å². The summed E-state index contributed by atoms with van der Waals surface area (Å²) in [6.07, 6.45) is -0.155. The number of fused-ring (bicyclic) bond motifs is 1. The van der Waals surface area contributed by atoms with Crippen molar-refractivity contribution in [1.82, 2.24) is 14.8 Å². The second-order valence-corrected chi connectivity index (χ2v) is 13.5. The van der Waals surface area contributed by atoms with Gasteiger partial charge in [0.05, 0.1) is 17.1 Å². The highest BCUT2D eigenvalue weighted by atomic mass is 35.5. The monoisotopic (exact) mass is 637 g/mol. The first-order chi connectivity index (χ1) is 20.2. The van der Waals surface area contributed by atoms with Gasteiger partial charge < -0.3 is 24.4 Å². The fourth-order valence-corrected chi connectivity index (χ4v) is 5.92. The van der Waals surface area contributed by atoms with Crippen molar-refractivity contribution < 1.29 is 42.2 Å². The molecule has 1 aliphatic heterocycles. The molecular weight excluding hydrogens is 607 g/mol. The Morgan fingerprint density at radius 2 is 1.95 bits per heavy atom. The molecule has 3 aromatic rings. The maximum absolute atomic E-state index is 14.5. The lowest BCUT2D eigenvalue weighted by molar-refractivity contribution is -0.139.